The zero-order valence-corrected chi connectivity index (χ0v) is 42.1. The molecule has 0 bridgehead atoms. The first-order valence-corrected chi connectivity index (χ1v) is 27.7. The second-order valence-corrected chi connectivity index (χ2v) is 18.9. The maximum absolute atomic E-state index is 12.5. The first-order chi connectivity index (χ1) is 31.0. The van der Waals surface area contributed by atoms with E-state index in [-0.39, 0.29) is 18.5 Å². The molecule has 0 fully saturated rings. The van der Waals surface area contributed by atoms with Gasteiger partial charge in [0, 0.05) is 12.8 Å². The summed E-state index contributed by atoms with van der Waals surface area (Å²) in [6.07, 6.45) is 64.0. The van der Waals surface area contributed by atoms with Gasteiger partial charge >= 0.3 is 5.97 Å². The minimum atomic E-state index is -0.675. The van der Waals surface area contributed by atoms with Crippen molar-refractivity contribution in [1.29, 1.82) is 0 Å². The molecule has 370 valence electrons. The molecule has 3 N–H and O–H groups in total. The highest BCUT2D eigenvalue weighted by Crippen LogP contribution is 2.16. The Hall–Kier alpha value is -1.92. The third-order valence-electron chi connectivity index (χ3n) is 12.7. The van der Waals surface area contributed by atoms with Gasteiger partial charge in [0.15, 0.2) is 0 Å². The number of carbonyl (C=O) groups is 2. The van der Waals surface area contributed by atoms with Gasteiger partial charge < -0.3 is 20.3 Å². The van der Waals surface area contributed by atoms with Crippen molar-refractivity contribution in [2.24, 2.45) is 0 Å². The molecule has 0 aromatic rings. The number of carbonyl (C=O) groups excluding carboxylic acids is 2. The number of nitrogens with one attached hydrogen (secondary N) is 1. The zero-order valence-electron chi connectivity index (χ0n) is 42.1. The molecule has 0 spiro atoms. The van der Waals surface area contributed by atoms with Crippen LogP contribution in [0.4, 0.5) is 0 Å². The maximum atomic E-state index is 12.5. The summed E-state index contributed by atoms with van der Waals surface area (Å²) in [4.78, 5) is 24.5. The van der Waals surface area contributed by atoms with Crippen molar-refractivity contribution in [3.63, 3.8) is 0 Å². The van der Waals surface area contributed by atoms with Gasteiger partial charge in [0.25, 0.3) is 0 Å². The number of hydrogen-bond acceptors (Lipinski definition) is 5. The van der Waals surface area contributed by atoms with Crippen molar-refractivity contribution < 1.29 is 24.5 Å². The van der Waals surface area contributed by atoms with Crippen LogP contribution in [0.5, 0.6) is 0 Å². The molecule has 0 aliphatic heterocycles. The fourth-order valence-corrected chi connectivity index (χ4v) is 8.37. The summed E-state index contributed by atoms with van der Waals surface area (Å²) in [6.45, 7) is 4.90. The van der Waals surface area contributed by atoms with E-state index in [0.29, 0.717) is 25.9 Å². The number of allylic oxidation sites excluding steroid dienone is 6. The maximum Gasteiger partial charge on any atom is 0.305 e. The van der Waals surface area contributed by atoms with Crippen LogP contribution in [-0.4, -0.2) is 47.4 Å². The molecule has 2 atom stereocenters. The monoisotopic (exact) mass is 886 g/mol. The summed E-state index contributed by atoms with van der Waals surface area (Å²) in [6, 6.07) is -0.554. The van der Waals surface area contributed by atoms with Crippen LogP contribution in [0.2, 0.25) is 0 Å². The lowest BCUT2D eigenvalue weighted by molar-refractivity contribution is -0.143. The smallest absolute Gasteiger partial charge is 0.305 e. The van der Waals surface area contributed by atoms with Crippen LogP contribution in [0.1, 0.15) is 290 Å². The Balaban J connectivity index is 3.48. The van der Waals surface area contributed by atoms with E-state index in [1.807, 2.05) is 0 Å². The summed E-state index contributed by atoms with van der Waals surface area (Å²) >= 11 is 0. The minimum Gasteiger partial charge on any atom is -0.466 e. The fraction of sp³-hybridized carbons (Fsp3) is 0.860. The normalized spacial score (nSPS) is 12.9. The molecule has 0 rings (SSSR count). The molecular formula is C57H107NO5. The topological polar surface area (TPSA) is 95.9 Å². The molecule has 1 amide bonds. The third-order valence-corrected chi connectivity index (χ3v) is 12.7. The molecule has 0 aromatic heterocycles. The van der Waals surface area contributed by atoms with E-state index in [1.165, 1.54) is 186 Å². The average Bonchev–Trinajstić information content (AvgIpc) is 3.28. The SMILES string of the molecule is CCCCCC/C=C\C/C=C\CCCCCCCC(=O)OCCCCCCCCC/C=C\CCCCCCCC(=O)NC(CO)C(O)CCCCCCCCCCCCCCCC. The number of esters is 1. The first-order valence-electron chi connectivity index (χ1n) is 27.7. The standard InChI is InChI=1S/C57H107NO5/c1-3-5-7-9-11-13-15-17-19-23-27-31-35-39-43-47-51-57(62)63-52-48-44-40-36-32-28-24-21-20-22-26-30-34-38-42-46-50-56(61)58-54(53-59)55(60)49-45-41-37-33-29-25-18-16-14-12-10-8-6-4-2/h13,15,19-20,22-23,54-55,59-60H,3-12,14,16-18,21,24-53H2,1-2H3,(H,58,61)/b15-13-,22-20-,23-19-. The summed E-state index contributed by atoms with van der Waals surface area (Å²) in [5, 5.41) is 23.2. The number of aliphatic hydroxyl groups is 2. The van der Waals surface area contributed by atoms with Crippen molar-refractivity contribution in [1.82, 2.24) is 5.32 Å². The highest BCUT2D eigenvalue weighted by molar-refractivity contribution is 5.76. The Morgan fingerprint density at radius 3 is 1.24 bits per heavy atom. The van der Waals surface area contributed by atoms with Crippen LogP contribution < -0.4 is 5.32 Å². The summed E-state index contributed by atoms with van der Waals surface area (Å²) in [5.74, 6) is -0.0691. The molecule has 2 unspecified atom stereocenters. The molecule has 0 aliphatic carbocycles. The molecule has 63 heavy (non-hydrogen) atoms. The molecule has 0 heterocycles. The molecule has 6 nitrogen and oxygen atoms in total. The highest BCUT2D eigenvalue weighted by atomic mass is 16.5. The van der Waals surface area contributed by atoms with Crippen molar-refractivity contribution in [3.8, 4) is 0 Å². The van der Waals surface area contributed by atoms with Gasteiger partial charge in [0.1, 0.15) is 0 Å². The first kappa shape index (κ1) is 61.1. The number of unbranched alkanes of at least 4 members (excludes halogenated alkanes) is 34. The van der Waals surface area contributed by atoms with Crippen molar-refractivity contribution in [2.75, 3.05) is 13.2 Å². The van der Waals surface area contributed by atoms with Gasteiger partial charge in [0.05, 0.1) is 25.4 Å². The predicted molar refractivity (Wildman–Crippen MR) is 273 cm³/mol. The van der Waals surface area contributed by atoms with Crippen LogP contribution in [-0.2, 0) is 14.3 Å². The largest absolute Gasteiger partial charge is 0.466 e. The number of aliphatic hydroxyl groups excluding tert-OH is 2. The van der Waals surface area contributed by atoms with Crippen molar-refractivity contribution in [3.05, 3.63) is 36.5 Å². The molecular weight excluding hydrogens is 779 g/mol. The number of amides is 1. The number of rotatable bonds is 51. The highest BCUT2D eigenvalue weighted by Gasteiger charge is 2.20. The lowest BCUT2D eigenvalue weighted by atomic mass is 10.0. The van der Waals surface area contributed by atoms with Gasteiger partial charge in [-0.3, -0.25) is 9.59 Å². The van der Waals surface area contributed by atoms with Crippen molar-refractivity contribution >= 4 is 11.9 Å². The van der Waals surface area contributed by atoms with Crippen LogP contribution in [0.3, 0.4) is 0 Å². The van der Waals surface area contributed by atoms with Crippen LogP contribution in [0, 0.1) is 0 Å². The van der Waals surface area contributed by atoms with E-state index in [4.69, 9.17) is 4.74 Å². The molecule has 0 aliphatic rings. The molecule has 6 heteroatoms. The third kappa shape index (κ3) is 49.4. The van der Waals surface area contributed by atoms with Gasteiger partial charge in [-0.1, -0.05) is 230 Å². The van der Waals surface area contributed by atoms with Crippen LogP contribution in [0.15, 0.2) is 36.5 Å². The summed E-state index contributed by atoms with van der Waals surface area (Å²) < 4.78 is 5.46. The van der Waals surface area contributed by atoms with E-state index in [2.05, 4.69) is 55.6 Å². The molecule has 0 radical (unpaired) electrons. The lowest BCUT2D eigenvalue weighted by Gasteiger charge is -2.22. The van der Waals surface area contributed by atoms with E-state index >= 15 is 0 Å². The Morgan fingerprint density at radius 2 is 0.794 bits per heavy atom. The number of hydrogen-bond donors (Lipinski definition) is 3. The molecule has 0 saturated carbocycles. The Kier molecular flexibility index (Phi) is 51.1. The summed E-state index contributed by atoms with van der Waals surface area (Å²) in [7, 11) is 0. The van der Waals surface area contributed by atoms with Gasteiger partial charge in [-0.25, -0.2) is 0 Å². The fourth-order valence-electron chi connectivity index (χ4n) is 8.37. The second kappa shape index (κ2) is 52.7. The average molecular weight is 886 g/mol. The van der Waals surface area contributed by atoms with Crippen molar-refractivity contribution in [2.45, 2.75) is 302 Å². The van der Waals surface area contributed by atoms with E-state index < -0.39 is 12.1 Å². The zero-order chi connectivity index (χ0) is 45.8. The predicted octanol–water partition coefficient (Wildman–Crippen LogP) is 16.9. The Bertz CT molecular complexity index is 1020. The molecule has 0 aromatic carbocycles. The van der Waals surface area contributed by atoms with Gasteiger partial charge in [0.2, 0.25) is 5.91 Å². The van der Waals surface area contributed by atoms with Crippen LogP contribution >= 0.6 is 0 Å². The Morgan fingerprint density at radius 1 is 0.444 bits per heavy atom. The van der Waals surface area contributed by atoms with E-state index in [0.717, 1.165) is 70.6 Å². The van der Waals surface area contributed by atoms with Crippen LogP contribution in [0.25, 0.3) is 0 Å². The minimum absolute atomic E-state index is 0.0165. The molecule has 0 saturated heterocycles. The van der Waals surface area contributed by atoms with Gasteiger partial charge in [-0.05, 0) is 83.5 Å². The number of ether oxygens (including phenoxy) is 1. The van der Waals surface area contributed by atoms with Gasteiger partial charge in [-0.15, -0.1) is 0 Å². The van der Waals surface area contributed by atoms with E-state index in [1.54, 1.807) is 0 Å². The lowest BCUT2D eigenvalue weighted by Crippen LogP contribution is -2.45. The quantitative estimate of drug-likeness (QED) is 0.0321. The van der Waals surface area contributed by atoms with Gasteiger partial charge in [-0.2, -0.15) is 0 Å². The summed E-state index contributed by atoms with van der Waals surface area (Å²) in [5.41, 5.74) is 0. The van der Waals surface area contributed by atoms with E-state index in [9.17, 15) is 19.8 Å². The Labute approximate surface area is 392 Å². The second-order valence-electron chi connectivity index (χ2n) is 18.9.